The van der Waals surface area contributed by atoms with Crippen LogP contribution < -0.4 is 0 Å². The fourth-order valence-electron chi connectivity index (χ4n) is 2.01. The number of benzene rings is 2. The van der Waals surface area contributed by atoms with Crippen LogP contribution in [-0.2, 0) is 0 Å². The number of hydrogen-bond donors (Lipinski definition) is 0. The van der Waals surface area contributed by atoms with Gasteiger partial charge in [-0.25, -0.2) is 0 Å². The number of carbonyl (C=O) groups is 1. The number of carbonyl (C=O) groups excluding carboxylic acids is 1. The predicted octanol–water partition coefficient (Wildman–Crippen LogP) is 3.69. The van der Waals surface area contributed by atoms with E-state index in [2.05, 4.69) is 12.1 Å². The van der Waals surface area contributed by atoms with Gasteiger partial charge in [0.1, 0.15) is 0 Å². The Balaban J connectivity index is 2.62. The van der Waals surface area contributed by atoms with Gasteiger partial charge >= 0.3 is 0 Å². The molecule has 0 fully saturated rings. The zero-order valence-electron chi connectivity index (χ0n) is 11.1. The van der Waals surface area contributed by atoms with Gasteiger partial charge < -0.3 is 0 Å². The summed E-state index contributed by atoms with van der Waals surface area (Å²) >= 11 is 0. The van der Waals surface area contributed by atoms with Crippen molar-refractivity contribution in [3.8, 4) is 23.3 Å². The number of hydrogen-bond acceptors (Lipinski definition) is 3. The normalized spacial score (nSPS) is 9.55. The molecule has 0 N–H and O–H groups in total. The van der Waals surface area contributed by atoms with E-state index in [4.69, 9.17) is 5.26 Å². The summed E-state index contributed by atoms with van der Waals surface area (Å²) in [6.45, 7) is 1.80. The fourth-order valence-corrected chi connectivity index (χ4v) is 2.01. The molecular weight excluding hydrogens is 248 g/mol. The zero-order chi connectivity index (χ0) is 14.5. The lowest BCUT2D eigenvalue weighted by atomic mass is 9.95. The van der Waals surface area contributed by atoms with E-state index in [1.54, 1.807) is 43.3 Å². The van der Waals surface area contributed by atoms with Gasteiger partial charge in [-0.15, -0.1) is 0 Å². The molecule has 96 valence electrons. The molecule has 0 aromatic heterocycles. The third-order valence-corrected chi connectivity index (χ3v) is 3.09. The van der Waals surface area contributed by atoms with Gasteiger partial charge in [-0.2, -0.15) is 10.5 Å². The summed E-state index contributed by atoms with van der Waals surface area (Å²) in [5.41, 5.74) is 3.06. The van der Waals surface area contributed by atoms with Crippen LogP contribution in [0.1, 0.15) is 34.8 Å². The molecule has 2 aromatic carbocycles. The van der Waals surface area contributed by atoms with E-state index < -0.39 is 0 Å². The predicted molar refractivity (Wildman–Crippen MR) is 75.9 cm³/mol. The van der Waals surface area contributed by atoms with Crippen LogP contribution in [0.15, 0.2) is 42.5 Å². The Morgan fingerprint density at radius 2 is 1.90 bits per heavy atom. The summed E-state index contributed by atoms with van der Waals surface area (Å²) in [5.74, 6) is 0.0344. The SMILES string of the molecule is CCC(=O)c1ccc(C#N)c(-c2cccc(C#N)c2)c1. The molecule has 20 heavy (non-hydrogen) atoms. The quantitative estimate of drug-likeness (QED) is 0.790. The number of ketones is 1. The van der Waals surface area contributed by atoms with Crippen molar-refractivity contribution in [2.75, 3.05) is 0 Å². The second-order valence-electron chi connectivity index (χ2n) is 4.34. The molecule has 3 heteroatoms. The molecule has 0 bridgehead atoms. The minimum Gasteiger partial charge on any atom is -0.294 e. The van der Waals surface area contributed by atoms with Crippen molar-refractivity contribution in [2.24, 2.45) is 0 Å². The highest BCUT2D eigenvalue weighted by molar-refractivity contribution is 5.97. The van der Waals surface area contributed by atoms with Gasteiger partial charge in [0, 0.05) is 17.5 Å². The molecule has 0 radical (unpaired) electrons. The second kappa shape index (κ2) is 5.82. The van der Waals surface area contributed by atoms with Crippen LogP contribution in [0.4, 0.5) is 0 Å². The van der Waals surface area contributed by atoms with E-state index >= 15 is 0 Å². The molecule has 0 heterocycles. The number of nitriles is 2. The van der Waals surface area contributed by atoms with E-state index in [-0.39, 0.29) is 5.78 Å². The van der Waals surface area contributed by atoms with Crippen molar-refractivity contribution in [1.82, 2.24) is 0 Å². The van der Waals surface area contributed by atoms with E-state index in [9.17, 15) is 10.1 Å². The minimum atomic E-state index is 0.0344. The van der Waals surface area contributed by atoms with Crippen LogP contribution in [0, 0.1) is 22.7 Å². The van der Waals surface area contributed by atoms with Gasteiger partial charge in [-0.3, -0.25) is 4.79 Å². The largest absolute Gasteiger partial charge is 0.294 e. The van der Waals surface area contributed by atoms with Gasteiger partial charge in [0.25, 0.3) is 0 Å². The molecular formula is C17H12N2O. The van der Waals surface area contributed by atoms with E-state index in [1.807, 2.05) is 6.07 Å². The van der Waals surface area contributed by atoms with Crippen molar-refractivity contribution in [3.63, 3.8) is 0 Å². The number of Topliss-reactive ketones (excluding diaryl/α,β-unsaturated/α-hetero) is 1. The third-order valence-electron chi connectivity index (χ3n) is 3.09. The first-order valence-electron chi connectivity index (χ1n) is 6.27. The van der Waals surface area contributed by atoms with E-state index in [0.717, 1.165) is 5.56 Å². The smallest absolute Gasteiger partial charge is 0.162 e. The molecule has 2 aromatic rings. The summed E-state index contributed by atoms with van der Waals surface area (Å²) in [4.78, 5) is 11.8. The van der Waals surface area contributed by atoms with Crippen LogP contribution in [0.25, 0.3) is 11.1 Å². The summed E-state index contributed by atoms with van der Waals surface area (Å²) < 4.78 is 0. The second-order valence-corrected chi connectivity index (χ2v) is 4.34. The first-order chi connectivity index (χ1) is 9.69. The maximum atomic E-state index is 11.8. The Morgan fingerprint density at radius 1 is 1.10 bits per heavy atom. The Kier molecular flexibility index (Phi) is 3.93. The molecule has 0 spiro atoms. The van der Waals surface area contributed by atoms with Gasteiger partial charge in [-0.05, 0) is 29.8 Å². The van der Waals surface area contributed by atoms with Crippen molar-refractivity contribution < 1.29 is 4.79 Å². The molecule has 0 unspecified atom stereocenters. The molecule has 0 saturated heterocycles. The average molecular weight is 260 g/mol. The molecule has 0 atom stereocenters. The topological polar surface area (TPSA) is 64.7 Å². The van der Waals surface area contributed by atoms with E-state index in [0.29, 0.717) is 28.7 Å². The van der Waals surface area contributed by atoms with Crippen LogP contribution in [0.3, 0.4) is 0 Å². The Bertz CT molecular complexity index is 748. The first-order valence-corrected chi connectivity index (χ1v) is 6.27. The molecule has 3 nitrogen and oxygen atoms in total. The number of rotatable bonds is 3. The zero-order valence-corrected chi connectivity index (χ0v) is 11.1. The highest BCUT2D eigenvalue weighted by atomic mass is 16.1. The lowest BCUT2D eigenvalue weighted by molar-refractivity contribution is 0.0988. The van der Waals surface area contributed by atoms with Gasteiger partial charge in [-0.1, -0.05) is 25.1 Å². The Labute approximate surface area is 117 Å². The van der Waals surface area contributed by atoms with Crippen LogP contribution in [0.5, 0.6) is 0 Å². The molecule has 0 aliphatic rings. The minimum absolute atomic E-state index is 0.0344. The van der Waals surface area contributed by atoms with Crippen molar-refractivity contribution in [1.29, 1.82) is 10.5 Å². The number of nitrogens with zero attached hydrogens (tertiary/aromatic N) is 2. The molecule has 0 amide bonds. The first kappa shape index (κ1) is 13.5. The van der Waals surface area contributed by atoms with Gasteiger partial charge in [0.15, 0.2) is 5.78 Å². The van der Waals surface area contributed by atoms with E-state index in [1.165, 1.54) is 0 Å². The van der Waals surface area contributed by atoms with Crippen molar-refractivity contribution in [2.45, 2.75) is 13.3 Å². The standard InChI is InChI=1S/C17H12N2O/c1-2-17(20)14-6-7-15(11-19)16(9-14)13-5-3-4-12(8-13)10-18/h3-9H,2H2,1H3. The highest BCUT2D eigenvalue weighted by Crippen LogP contribution is 2.26. The molecule has 0 aliphatic carbocycles. The molecule has 0 aliphatic heterocycles. The Morgan fingerprint density at radius 3 is 2.55 bits per heavy atom. The van der Waals surface area contributed by atoms with Crippen LogP contribution in [0.2, 0.25) is 0 Å². The van der Waals surface area contributed by atoms with Gasteiger partial charge in [0.2, 0.25) is 0 Å². The third kappa shape index (κ3) is 2.58. The van der Waals surface area contributed by atoms with Crippen LogP contribution >= 0.6 is 0 Å². The Hall–Kier alpha value is -2.91. The van der Waals surface area contributed by atoms with Crippen LogP contribution in [-0.4, -0.2) is 5.78 Å². The lowest BCUT2D eigenvalue weighted by Gasteiger charge is -2.07. The summed E-state index contributed by atoms with van der Waals surface area (Å²) in [5, 5.41) is 18.1. The lowest BCUT2D eigenvalue weighted by Crippen LogP contribution is -1.98. The monoisotopic (exact) mass is 260 g/mol. The summed E-state index contributed by atoms with van der Waals surface area (Å²) in [7, 11) is 0. The van der Waals surface area contributed by atoms with Crippen molar-refractivity contribution in [3.05, 3.63) is 59.2 Å². The summed E-state index contributed by atoms with van der Waals surface area (Å²) in [6.07, 6.45) is 0.420. The molecule has 0 saturated carbocycles. The summed E-state index contributed by atoms with van der Waals surface area (Å²) in [6, 6.07) is 16.3. The maximum absolute atomic E-state index is 11.8. The maximum Gasteiger partial charge on any atom is 0.162 e. The molecule has 2 rings (SSSR count). The van der Waals surface area contributed by atoms with Crippen molar-refractivity contribution >= 4 is 5.78 Å². The fraction of sp³-hybridized carbons (Fsp3) is 0.118. The van der Waals surface area contributed by atoms with Gasteiger partial charge in [0.05, 0.1) is 23.3 Å². The average Bonchev–Trinajstić information content (AvgIpc) is 2.53. The highest BCUT2D eigenvalue weighted by Gasteiger charge is 2.10.